The first-order chi connectivity index (χ1) is 13.6. The van der Waals surface area contributed by atoms with E-state index in [1.165, 1.54) is 12.1 Å². The summed E-state index contributed by atoms with van der Waals surface area (Å²) in [5, 5.41) is 2.45. The summed E-state index contributed by atoms with van der Waals surface area (Å²) in [7, 11) is 0. The first kappa shape index (κ1) is 21.4. The SMILES string of the molecule is CCCCCOc1cccc2ccc([C@H](N3CC(C)(C)C(=O)N3)C(F)(F)F)cc12. The predicted octanol–water partition coefficient (Wildman–Crippen LogP) is 5.39. The molecule has 4 nitrogen and oxygen atoms in total. The van der Waals surface area contributed by atoms with Crippen molar-refractivity contribution < 1.29 is 22.7 Å². The number of amides is 1. The van der Waals surface area contributed by atoms with Crippen molar-refractivity contribution in [2.75, 3.05) is 13.2 Å². The van der Waals surface area contributed by atoms with E-state index in [-0.39, 0.29) is 12.1 Å². The molecule has 1 amide bonds. The molecule has 158 valence electrons. The van der Waals surface area contributed by atoms with Crippen LogP contribution in [0.25, 0.3) is 10.8 Å². The Morgan fingerprint density at radius 1 is 1.21 bits per heavy atom. The van der Waals surface area contributed by atoms with Crippen molar-refractivity contribution in [3.8, 4) is 5.75 Å². The smallest absolute Gasteiger partial charge is 0.409 e. The number of fused-ring (bicyclic) bond motifs is 1. The molecular weight excluding hydrogens is 381 g/mol. The van der Waals surface area contributed by atoms with E-state index in [0.717, 1.165) is 29.7 Å². The molecule has 0 saturated carbocycles. The van der Waals surface area contributed by atoms with E-state index < -0.39 is 23.5 Å². The van der Waals surface area contributed by atoms with Crippen LogP contribution in [0.5, 0.6) is 5.75 Å². The Hall–Kier alpha value is -2.28. The number of nitrogens with zero attached hydrogens (tertiary/aromatic N) is 1. The van der Waals surface area contributed by atoms with Crippen LogP contribution in [0.1, 0.15) is 51.6 Å². The van der Waals surface area contributed by atoms with E-state index >= 15 is 0 Å². The zero-order valence-electron chi connectivity index (χ0n) is 17.0. The highest BCUT2D eigenvalue weighted by Crippen LogP contribution is 2.42. The minimum absolute atomic E-state index is 0.0246. The minimum atomic E-state index is -4.54. The van der Waals surface area contributed by atoms with Crippen molar-refractivity contribution in [2.24, 2.45) is 5.41 Å². The second-order valence-electron chi connectivity index (χ2n) is 8.19. The molecule has 2 aromatic carbocycles. The highest BCUT2D eigenvalue weighted by molar-refractivity contribution is 5.89. The highest BCUT2D eigenvalue weighted by Gasteiger charge is 2.51. The van der Waals surface area contributed by atoms with Gasteiger partial charge in [-0.2, -0.15) is 13.2 Å². The quantitative estimate of drug-likeness (QED) is 0.625. The molecule has 0 spiro atoms. The van der Waals surface area contributed by atoms with Crippen molar-refractivity contribution in [1.29, 1.82) is 0 Å². The fraction of sp³-hybridized carbons (Fsp3) is 0.500. The zero-order valence-corrected chi connectivity index (χ0v) is 17.0. The monoisotopic (exact) mass is 408 g/mol. The third kappa shape index (κ3) is 4.66. The fourth-order valence-corrected chi connectivity index (χ4v) is 3.61. The molecule has 0 aliphatic carbocycles. The summed E-state index contributed by atoms with van der Waals surface area (Å²) >= 11 is 0. The highest BCUT2D eigenvalue weighted by atomic mass is 19.4. The van der Waals surface area contributed by atoms with Crippen molar-refractivity contribution in [3.05, 3.63) is 42.0 Å². The van der Waals surface area contributed by atoms with Crippen LogP contribution in [0.4, 0.5) is 13.2 Å². The van der Waals surface area contributed by atoms with E-state index in [4.69, 9.17) is 4.74 Å². The van der Waals surface area contributed by atoms with Crippen LogP contribution >= 0.6 is 0 Å². The van der Waals surface area contributed by atoms with Gasteiger partial charge in [-0.05, 0) is 43.4 Å². The van der Waals surface area contributed by atoms with Crippen molar-refractivity contribution in [3.63, 3.8) is 0 Å². The number of benzene rings is 2. The zero-order chi connectivity index (χ0) is 21.2. The second-order valence-corrected chi connectivity index (χ2v) is 8.19. The van der Waals surface area contributed by atoms with Crippen LogP contribution in [0.15, 0.2) is 36.4 Å². The lowest BCUT2D eigenvalue weighted by molar-refractivity contribution is -0.191. The van der Waals surface area contributed by atoms with Gasteiger partial charge in [-0.15, -0.1) is 0 Å². The molecule has 1 saturated heterocycles. The average molecular weight is 408 g/mol. The average Bonchev–Trinajstić information content (AvgIpc) is 2.90. The normalized spacial score (nSPS) is 18.1. The van der Waals surface area contributed by atoms with Crippen molar-refractivity contribution in [1.82, 2.24) is 10.4 Å². The number of carbonyl (C=O) groups excluding carboxylic acids is 1. The number of unbranched alkanes of at least 4 members (excludes halogenated alkanes) is 2. The summed E-state index contributed by atoms with van der Waals surface area (Å²) in [5.41, 5.74) is 1.60. The molecular formula is C22H27F3N2O2. The maximum absolute atomic E-state index is 14.0. The first-order valence-electron chi connectivity index (χ1n) is 9.93. The molecule has 1 fully saturated rings. The van der Waals surface area contributed by atoms with Crippen LogP contribution in [-0.4, -0.2) is 30.2 Å². The van der Waals surface area contributed by atoms with Gasteiger partial charge in [0.2, 0.25) is 5.91 Å². The standard InChI is InChI=1S/C22H27F3N2O2/c1-4-5-6-12-29-18-9-7-8-15-10-11-16(13-17(15)18)19(22(23,24)25)27-14-21(2,3)20(28)26-27/h7-11,13,19H,4-6,12,14H2,1-3H3,(H,26,28)/t19-/m0/s1. The van der Waals surface area contributed by atoms with Gasteiger partial charge in [-0.1, -0.05) is 44.0 Å². The molecule has 1 heterocycles. The molecule has 1 aliphatic heterocycles. The Morgan fingerprint density at radius 2 is 1.97 bits per heavy atom. The predicted molar refractivity (Wildman–Crippen MR) is 106 cm³/mol. The Labute approximate surface area is 169 Å². The van der Waals surface area contributed by atoms with Gasteiger partial charge < -0.3 is 4.74 Å². The number of carbonyl (C=O) groups is 1. The van der Waals surface area contributed by atoms with Gasteiger partial charge in [0.1, 0.15) is 11.8 Å². The van der Waals surface area contributed by atoms with Crippen LogP contribution in [0, 0.1) is 5.41 Å². The number of halogens is 3. The topological polar surface area (TPSA) is 41.6 Å². The van der Waals surface area contributed by atoms with Gasteiger partial charge in [-0.25, -0.2) is 5.01 Å². The first-order valence-corrected chi connectivity index (χ1v) is 9.93. The van der Waals surface area contributed by atoms with Crippen LogP contribution in [-0.2, 0) is 4.79 Å². The lowest BCUT2D eigenvalue weighted by Gasteiger charge is -2.30. The van der Waals surface area contributed by atoms with Crippen LogP contribution in [0.3, 0.4) is 0 Å². The minimum Gasteiger partial charge on any atom is -0.493 e. The molecule has 1 N–H and O–H groups in total. The summed E-state index contributed by atoms with van der Waals surface area (Å²) in [6, 6.07) is 8.21. The molecule has 0 bridgehead atoms. The van der Waals surface area contributed by atoms with Gasteiger partial charge in [-0.3, -0.25) is 10.2 Å². The number of ether oxygens (including phenoxy) is 1. The summed E-state index contributed by atoms with van der Waals surface area (Å²) < 4.78 is 47.9. The largest absolute Gasteiger partial charge is 0.493 e. The van der Waals surface area contributed by atoms with Crippen LogP contribution in [0.2, 0.25) is 0 Å². The number of hydrogen-bond acceptors (Lipinski definition) is 3. The molecule has 0 radical (unpaired) electrons. The number of hydrogen-bond donors (Lipinski definition) is 1. The van der Waals surface area contributed by atoms with Crippen molar-refractivity contribution >= 4 is 16.7 Å². The van der Waals surface area contributed by atoms with Gasteiger partial charge in [0.05, 0.1) is 12.0 Å². The molecule has 0 aromatic heterocycles. The summed E-state index contributed by atoms with van der Waals surface area (Å²) in [5.74, 6) is 0.166. The Kier molecular flexibility index (Phi) is 6.08. The number of hydrazine groups is 1. The maximum Gasteiger partial charge on any atom is 0.409 e. The summed E-state index contributed by atoms with van der Waals surface area (Å²) in [6.07, 6.45) is -1.55. The third-order valence-electron chi connectivity index (χ3n) is 5.23. The van der Waals surface area contributed by atoms with E-state index in [2.05, 4.69) is 12.3 Å². The van der Waals surface area contributed by atoms with Gasteiger partial charge in [0.25, 0.3) is 0 Å². The van der Waals surface area contributed by atoms with Gasteiger partial charge in [0, 0.05) is 11.9 Å². The van der Waals surface area contributed by atoms with Gasteiger partial charge in [0.15, 0.2) is 0 Å². The third-order valence-corrected chi connectivity index (χ3v) is 5.23. The van der Waals surface area contributed by atoms with Crippen LogP contribution < -0.4 is 10.2 Å². The molecule has 2 aromatic rings. The number of alkyl halides is 3. The fourth-order valence-electron chi connectivity index (χ4n) is 3.61. The molecule has 3 rings (SSSR count). The lowest BCUT2D eigenvalue weighted by atomic mass is 9.93. The number of rotatable bonds is 7. The van der Waals surface area contributed by atoms with Gasteiger partial charge >= 0.3 is 6.18 Å². The Bertz CT molecular complexity index is 880. The van der Waals surface area contributed by atoms with Crippen molar-refractivity contribution in [2.45, 2.75) is 52.3 Å². The molecule has 1 aliphatic rings. The van der Waals surface area contributed by atoms with E-state index in [1.807, 2.05) is 12.1 Å². The van der Waals surface area contributed by atoms with E-state index in [1.54, 1.807) is 26.0 Å². The van der Waals surface area contributed by atoms with E-state index in [9.17, 15) is 18.0 Å². The molecule has 0 unspecified atom stereocenters. The Morgan fingerprint density at radius 3 is 2.59 bits per heavy atom. The maximum atomic E-state index is 14.0. The summed E-state index contributed by atoms with van der Waals surface area (Å²) in [4.78, 5) is 12.1. The van der Waals surface area contributed by atoms with E-state index in [0.29, 0.717) is 17.7 Å². The Balaban J connectivity index is 1.96. The number of nitrogens with one attached hydrogen (secondary N) is 1. The molecule has 29 heavy (non-hydrogen) atoms. The lowest BCUT2D eigenvalue weighted by Crippen LogP contribution is -2.43. The second kappa shape index (κ2) is 8.22. The molecule has 1 atom stereocenters. The summed E-state index contributed by atoms with van der Waals surface area (Å²) in [6.45, 7) is 5.87. The molecule has 7 heteroatoms.